The van der Waals surface area contributed by atoms with Crippen molar-refractivity contribution < 1.29 is 4.39 Å². The van der Waals surface area contributed by atoms with Gasteiger partial charge in [0.15, 0.2) is 6.30 Å². The van der Waals surface area contributed by atoms with E-state index in [1.54, 1.807) is 11.0 Å². The first-order chi connectivity index (χ1) is 13.0. The van der Waals surface area contributed by atoms with Crippen molar-refractivity contribution in [1.82, 2.24) is 14.8 Å². The summed E-state index contributed by atoms with van der Waals surface area (Å²) in [5.74, 6) is 0. The molecule has 0 saturated carbocycles. The predicted octanol–water partition coefficient (Wildman–Crippen LogP) is 4.14. The van der Waals surface area contributed by atoms with Crippen LogP contribution in [0, 0.1) is 0 Å². The molecule has 144 valence electrons. The van der Waals surface area contributed by atoms with Crippen LogP contribution in [0.5, 0.6) is 0 Å². The number of pyridine rings is 1. The number of nitrogens with one attached hydrogen (secondary N) is 1. The third-order valence-corrected chi connectivity index (χ3v) is 6.14. The number of rotatable bonds is 3. The summed E-state index contributed by atoms with van der Waals surface area (Å²) in [5, 5.41) is 6.05. The molecular weight excluding hydrogens is 339 g/mol. The molecule has 1 N–H and O–H groups in total. The molecule has 0 spiro atoms. The monoisotopic (exact) mass is 368 g/mol. The van der Waals surface area contributed by atoms with Crippen molar-refractivity contribution in [2.24, 2.45) is 0 Å². The van der Waals surface area contributed by atoms with E-state index in [0.29, 0.717) is 6.04 Å². The fourth-order valence-corrected chi connectivity index (χ4v) is 4.15. The van der Waals surface area contributed by atoms with Gasteiger partial charge in [0, 0.05) is 35.6 Å². The molecule has 1 fully saturated rings. The Morgan fingerprint density at radius 3 is 2.70 bits per heavy atom. The normalized spacial score (nSPS) is 25.6. The van der Waals surface area contributed by atoms with Crippen LogP contribution in [0.25, 0.3) is 16.3 Å². The molecule has 5 heteroatoms. The van der Waals surface area contributed by atoms with Gasteiger partial charge < -0.3 is 10.2 Å². The van der Waals surface area contributed by atoms with Gasteiger partial charge in [0.25, 0.3) is 0 Å². The highest BCUT2D eigenvalue weighted by atomic mass is 19.1. The SMILES string of the molecule is C[C@H]1CC(c2cc(NC3CCN(C)CC3)c3cnccc3c2)=CC(F)N1C. The van der Waals surface area contributed by atoms with Crippen LogP contribution in [-0.4, -0.2) is 60.3 Å². The number of anilines is 1. The van der Waals surface area contributed by atoms with Crippen LogP contribution in [0.15, 0.2) is 36.7 Å². The topological polar surface area (TPSA) is 31.4 Å². The molecule has 0 amide bonds. The summed E-state index contributed by atoms with van der Waals surface area (Å²) in [7, 11) is 4.03. The number of alkyl halides is 1. The van der Waals surface area contributed by atoms with Crippen LogP contribution in [0.1, 0.15) is 31.7 Å². The van der Waals surface area contributed by atoms with Crippen LogP contribution in [0.2, 0.25) is 0 Å². The van der Waals surface area contributed by atoms with Gasteiger partial charge in [-0.1, -0.05) is 0 Å². The van der Waals surface area contributed by atoms with Gasteiger partial charge in [0.1, 0.15) is 0 Å². The molecule has 1 unspecified atom stereocenters. The predicted molar refractivity (Wildman–Crippen MR) is 111 cm³/mol. The zero-order chi connectivity index (χ0) is 19.0. The van der Waals surface area contributed by atoms with E-state index >= 15 is 0 Å². The molecule has 27 heavy (non-hydrogen) atoms. The Hall–Kier alpha value is -1.98. The van der Waals surface area contributed by atoms with E-state index in [1.807, 2.05) is 25.5 Å². The maximum Gasteiger partial charge on any atom is 0.173 e. The van der Waals surface area contributed by atoms with Gasteiger partial charge >= 0.3 is 0 Å². The zero-order valence-corrected chi connectivity index (χ0v) is 16.5. The first-order valence-corrected chi connectivity index (χ1v) is 9.91. The Kier molecular flexibility index (Phi) is 5.15. The van der Waals surface area contributed by atoms with Gasteiger partial charge in [-0.15, -0.1) is 0 Å². The highest BCUT2D eigenvalue weighted by molar-refractivity contribution is 5.96. The maximum absolute atomic E-state index is 14.4. The molecule has 3 heterocycles. The van der Waals surface area contributed by atoms with Crippen LogP contribution in [-0.2, 0) is 0 Å². The van der Waals surface area contributed by atoms with E-state index in [0.717, 1.165) is 59.9 Å². The largest absolute Gasteiger partial charge is 0.382 e. The number of aromatic nitrogens is 1. The summed E-state index contributed by atoms with van der Waals surface area (Å²) < 4.78 is 14.4. The van der Waals surface area contributed by atoms with E-state index in [-0.39, 0.29) is 6.04 Å². The minimum atomic E-state index is -1.03. The quantitative estimate of drug-likeness (QED) is 0.825. The number of hydrogen-bond acceptors (Lipinski definition) is 4. The van der Waals surface area contributed by atoms with Gasteiger partial charge in [-0.25, -0.2) is 4.39 Å². The average Bonchev–Trinajstić information content (AvgIpc) is 2.67. The van der Waals surface area contributed by atoms with E-state index in [4.69, 9.17) is 0 Å². The lowest BCUT2D eigenvalue weighted by atomic mass is 9.92. The van der Waals surface area contributed by atoms with E-state index < -0.39 is 6.30 Å². The summed E-state index contributed by atoms with van der Waals surface area (Å²) in [6.07, 6.45) is 7.64. The number of nitrogens with zero attached hydrogens (tertiary/aromatic N) is 3. The van der Waals surface area contributed by atoms with Crippen LogP contribution in [0.4, 0.5) is 10.1 Å². The summed E-state index contributed by atoms with van der Waals surface area (Å²) in [4.78, 5) is 8.48. The van der Waals surface area contributed by atoms with Crippen molar-refractivity contribution in [1.29, 1.82) is 0 Å². The molecule has 1 aromatic heterocycles. The molecule has 4 nitrogen and oxygen atoms in total. The van der Waals surface area contributed by atoms with Crippen molar-refractivity contribution in [3.63, 3.8) is 0 Å². The molecular formula is C22H29FN4. The third kappa shape index (κ3) is 3.85. The molecule has 1 aromatic carbocycles. The Bertz CT molecular complexity index is 841. The lowest BCUT2D eigenvalue weighted by Gasteiger charge is -2.33. The highest BCUT2D eigenvalue weighted by Crippen LogP contribution is 2.34. The highest BCUT2D eigenvalue weighted by Gasteiger charge is 2.25. The smallest absolute Gasteiger partial charge is 0.173 e. The minimum absolute atomic E-state index is 0.193. The number of hydrogen-bond donors (Lipinski definition) is 1. The van der Waals surface area contributed by atoms with Gasteiger partial charge in [0.2, 0.25) is 0 Å². The second-order valence-electron chi connectivity index (χ2n) is 8.13. The number of likely N-dealkylation sites (N-methyl/N-ethyl adjacent to an activating group) is 1. The molecule has 2 aliphatic rings. The fourth-order valence-electron chi connectivity index (χ4n) is 4.15. The fraction of sp³-hybridized carbons (Fsp3) is 0.500. The summed E-state index contributed by atoms with van der Waals surface area (Å²) in [6, 6.07) is 7.08. The van der Waals surface area contributed by atoms with Crippen molar-refractivity contribution in [3.05, 3.63) is 42.2 Å². The molecule has 2 atom stereocenters. The van der Waals surface area contributed by atoms with E-state index in [1.165, 1.54) is 0 Å². The standard InChI is InChI=1S/C22H29FN4/c1-15-10-17(13-22(23)27(15)3)18-11-16-4-7-24-14-20(16)21(12-18)25-19-5-8-26(2)9-6-19/h4,7,11-15,19,22,25H,5-6,8-10H2,1-3H3/t15-,22?/m0/s1. The Labute approximate surface area is 161 Å². The van der Waals surface area contributed by atoms with Crippen molar-refractivity contribution in [2.45, 2.75) is 44.6 Å². The molecule has 2 aliphatic heterocycles. The third-order valence-electron chi connectivity index (χ3n) is 6.14. The summed E-state index contributed by atoms with van der Waals surface area (Å²) in [6.45, 7) is 4.32. The first kappa shape index (κ1) is 18.4. The molecule has 0 bridgehead atoms. The van der Waals surface area contributed by atoms with Crippen molar-refractivity contribution >= 4 is 22.0 Å². The number of fused-ring (bicyclic) bond motifs is 1. The summed E-state index contributed by atoms with van der Waals surface area (Å²) in [5.41, 5.74) is 3.33. The second kappa shape index (κ2) is 7.56. The van der Waals surface area contributed by atoms with Gasteiger partial charge in [-0.2, -0.15) is 0 Å². The lowest BCUT2D eigenvalue weighted by molar-refractivity contribution is 0.107. The van der Waals surface area contributed by atoms with Gasteiger partial charge in [0.05, 0.1) is 0 Å². The Morgan fingerprint density at radius 1 is 1.19 bits per heavy atom. The minimum Gasteiger partial charge on any atom is -0.382 e. The number of halogens is 1. The molecule has 0 radical (unpaired) electrons. The van der Waals surface area contributed by atoms with Crippen LogP contribution in [0.3, 0.4) is 0 Å². The van der Waals surface area contributed by atoms with Crippen molar-refractivity contribution in [3.8, 4) is 0 Å². The van der Waals surface area contributed by atoms with Crippen LogP contribution >= 0.6 is 0 Å². The van der Waals surface area contributed by atoms with E-state index in [9.17, 15) is 4.39 Å². The molecule has 0 aliphatic carbocycles. The number of likely N-dealkylation sites (tertiary alicyclic amines) is 1. The van der Waals surface area contributed by atoms with Gasteiger partial charge in [-0.05, 0) is 94.2 Å². The maximum atomic E-state index is 14.4. The molecule has 2 aromatic rings. The summed E-state index contributed by atoms with van der Waals surface area (Å²) >= 11 is 0. The number of piperidine rings is 1. The van der Waals surface area contributed by atoms with Crippen molar-refractivity contribution in [2.75, 3.05) is 32.5 Å². The average molecular weight is 368 g/mol. The second-order valence-corrected chi connectivity index (χ2v) is 8.13. The Balaban J connectivity index is 1.69. The molecule has 4 rings (SSSR count). The number of benzene rings is 1. The van der Waals surface area contributed by atoms with E-state index in [2.05, 4.69) is 41.3 Å². The first-order valence-electron chi connectivity index (χ1n) is 9.91. The lowest BCUT2D eigenvalue weighted by Crippen LogP contribution is -2.38. The van der Waals surface area contributed by atoms with Gasteiger partial charge in [-0.3, -0.25) is 9.88 Å². The molecule has 1 saturated heterocycles. The van der Waals surface area contributed by atoms with Crippen LogP contribution < -0.4 is 5.32 Å². The zero-order valence-electron chi connectivity index (χ0n) is 16.5. The Morgan fingerprint density at radius 2 is 1.96 bits per heavy atom.